The molecule has 0 aromatic rings. The third-order valence-corrected chi connectivity index (χ3v) is 2.89. The number of nitrogens with zero attached hydrogens (tertiary/aromatic N) is 2. The molecule has 1 rings (SSSR count). The highest BCUT2D eigenvalue weighted by Crippen LogP contribution is 2.03. The van der Waals surface area contributed by atoms with Crippen molar-refractivity contribution < 1.29 is 4.79 Å². The molecule has 4 heteroatoms. The van der Waals surface area contributed by atoms with Gasteiger partial charge in [0.15, 0.2) is 0 Å². The quantitative estimate of drug-likeness (QED) is 0.716. The lowest BCUT2D eigenvalue weighted by Gasteiger charge is -2.34. The highest BCUT2D eigenvalue weighted by Gasteiger charge is 2.19. The van der Waals surface area contributed by atoms with Crippen molar-refractivity contribution in [3.8, 4) is 0 Å². The summed E-state index contributed by atoms with van der Waals surface area (Å²) in [5.74, 6) is 0. The zero-order chi connectivity index (χ0) is 11.8. The molecule has 1 aliphatic rings. The van der Waals surface area contributed by atoms with E-state index in [9.17, 15) is 4.79 Å². The van der Waals surface area contributed by atoms with Gasteiger partial charge in [-0.25, -0.2) is 4.79 Å². The summed E-state index contributed by atoms with van der Waals surface area (Å²) in [7, 11) is 0. The van der Waals surface area contributed by atoms with E-state index in [1.165, 1.54) is 19.4 Å². The Labute approximate surface area is 98.3 Å². The molecule has 0 saturated carbocycles. The SMILES string of the molecule is C=CCNC(=O)N1CCN(CCCC)CC1. The van der Waals surface area contributed by atoms with Crippen LogP contribution in [0.1, 0.15) is 19.8 Å². The standard InChI is InChI=1S/C12H23N3O/c1-3-5-7-14-8-10-15(11-9-14)12(16)13-6-4-2/h4H,2-3,5-11H2,1H3,(H,13,16). The molecule has 0 bridgehead atoms. The highest BCUT2D eigenvalue weighted by atomic mass is 16.2. The fraction of sp³-hybridized carbons (Fsp3) is 0.750. The number of hydrogen-bond acceptors (Lipinski definition) is 2. The number of unbranched alkanes of at least 4 members (excludes halogenated alkanes) is 1. The molecule has 0 aliphatic carbocycles. The zero-order valence-electron chi connectivity index (χ0n) is 10.2. The second-order valence-electron chi connectivity index (χ2n) is 4.16. The maximum absolute atomic E-state index is 11.6. The molecule has 0 aromatic carbocycles. The fourth-order valence-electron chi connectivity index (χ4n) is 1.83. The van der Waals surface area contributed by atoms with Gasteiger partial charge in [-0.3, -0.25) is 4.90 Å². The first-order valence-corrected chi connectivity index (χ1v) is 6.14. The van der Waals surface area contributed by atoms with E-state index in [-0.39, 0.29) is 6.03 Å². The Morgan fingerprint density at radius 2 is 2.06 bits per heavy atom. The van der Waals surface area contributed by atoms with Crippen molar-refractivity contribution in [1.82, 2.24) is 15.1 Å². The minimum Gasteiger partial charge on any atom is -0.335 e. The zero-order valence-corrected chi connectivity index (χ0v) is 10.2. The molecule has 0 radical (unpaired) electrons. The predicted octanol–water partition coefficient (Wildman–Crippen LogP) is 1.30. The van der Waals surface area contributed by atoms with Crippen LogP contribution in [0.4, 0.5) is 4.79 Å². The summed E-state index contributed by atoms with van der Waals surface area (Å²) in [4.78, 5) is 15.9. The topological polar surface area (TPSA) is 35.6 Å². The summed E-state index contributed by atoms with van der Waals surface area (Å²) >= 11 is 0. The first-order chi connectivity index (χ1) is 7.77. The molecule has 2 amide bonds. The Bertz CT molecular complexity index is 222. The van der Waals surface area contributed by atoms with Crippen LogP contribution >= 0.6 is 0 Å². The smallest absolute Gasteiger partial charge is 0.317 e. The Balaban J connectivity index is 2.20. The van der Waals surface area contributed by atoms with Crippen LogP contribution in [-0.2, 0) is 0 Å². The largest absolute Gasteiger partial charge is 0.335 e. The lowest BCUT2D eigenvalue weighted by Crippen LogP contribution is -2.51. The Morgan fingerprint density at radius 3 is 2.62 bits per heavy atom. The minimum absolute atomic E-state index is 0.0371. The predicted molar refractivity (Wildman–Crippen MR) is 66.5 cm³/mol. The van der Waals surface area contributed by atoms with E-state index < -0.39 is 0 Å². The molecule has 92 valence electrons. The van der Waals surface area contributed by atoms with Gasteiger partial charge in [0.1, 0.15) is 0 Å². The average Bonchev–Trinajstić information content (AvgIpc) is 2.34. The van der Waals surface area contributed by atoms with Crippen molar-refractivity contribution in [3.63, 3.8) is 0 Å². The van der Waals surface area contributed by atoms with E-state index in [2.05, 4.69) is 23.7 Å². The summed E-state index contributed by atoms with van der Waals surface area (Å²) in [5, 5.41) is 2.81. The van der Waals surface area contributed by atoms with Crippen LogP contribution in [0.3, 0.4) is 0 Å². The van der Waals surface area contributed by atoms with E-state index in [0.717, 1.165) is 26.2 Å². The van der Waals surface area contributed by atoms with E-state index in [1.54, 1.807) is 6.08 Å². The number of amides is 2. The molecule has 1 saturated heterocycles. The molecule has 0 spiro atoms. The number of rotatable bonds is 5. The molecule has 1 aliphatic heterocycles. The number of urea groups is 1. The summed E-state index contributed by atoms with van der Waals surface area (Å²) in [5.41, 5.74) is 0. The van der Waals surface area contributed by atoms with Crippen molar-refractivity contribution in [2.45, 2.75) is 19.8 Å². The van der Waals surface area contributed by atoms with Crippen LogP contribution < -0.4 is 5.32 Å². The lowest BCUT2D eigenvalue weighted by atomic mass is 10.2. The molecule has 1 fully saturated rings. The fourth-order valence-corrected chi connectivity index (χ4v) is 1.83. The number of carbonyl (C=O) groups is 1. The molecule has 1 heterocycles. The third-order valence-electron chi connectivity index (χ3n) is 2.89. The molecular formula is C12H23N3O. The van der Waals surface area contributed by atoms with Crippen molar-refractivity contribution in [2.75, 3.05) is 39.3 Å². The first kappa shape index (κ1) is 13.0. The van der Waals surface area contributed by atoms with Crippen LogP contribution in [-0.4, -0.2) is 55.1 Å². The van der Waals surface area contributed by atoms with Gasteiger partial charge in [0.05, 0.1) is 0 Å². The van der Waals surface area contributed by atoms with Gasteiger partial charge in [0, 0.05) is 32.7 Å². The van der Waals surface area contributed by atoms with E-state index in [4.69, 9.17) is 0 Å². The van der Waals surface area contributed by atoms with Gasteiger partial charge in [-0.05, 0) is 13.0 Å². The number of carbonyl (C=O) groups excluding carboxylic acids is 1. The van der Waals surface area contributed by atoms with Crippen molar-refractivity contribution in [3.05, 3.63) is 12.7 Å². The first-order valence-electron chi connectivity index (χ1n) is 6.14. The van der Waals surface area contributed by atoms with Crippen molar-refractivity contribution >= 4 is 6.03 Å². The van der Waals surface area contributed by atoms with Gasteiger partial charge in [0.2, 0.25) is 0 Å². The summed E-state index contributed by atoms with van der Waals surface area (Å²) in [6.07, 6.45) is 4.19. The molecule has 0 unspecified atom stereocenters. The van der Waals surface area contributed by atoms with Crippen LogP contribution in [0.15, 0.2) is 12.7 Å². The van der Waals surface area contributed by atoms with E-state index in [0.29, 0.717) is 6.54 Å². The van der Waals surface area contributed by atoms with E-state index >= 15 is 0 Å². The van der Waals surface area contributed by atoms with Gasteiger partial charge in [0.25, 0.3) is 0 Å². The Kier molecular flexibility index (Phi) is 5.93. The minimum atomic E-state index is 0.0371. The average molecular weight is 225 g/mol. The summed E-state index contributed by atoms with van der Waals surface area (Å²) in [6.45, 7) is 11.2. The van der Waals surface area contributed by atoms with Crippen molar-refractivity contribution in [1.29, 1.82) is 0 Å². The molecule has 0 atom stereocenters. The van der Waals surface area contributed by atoms with Gasteiger partial charge < -0.3 is 10.2 Å². The maximum Gasteiger partial charge on any atom is 0.317 e. The third kappa shape index (κ3) is 4.23. The van der Waals surface area contributed by atoms with Gasteiger partial charge >= 0.3 is 6.03 Å². The van der Waals surface area contributed by atoms with E-state index in [1.807, 2.05) is 4.90 Å². The van der Waals surface area contributed by atoms with Gasteiger partial charge in [-0.15, -0.1) is 6.58 Å². The number of nitrogens with one attached hydrogen (secondary N) is 1. The highest BCUT2D eigenvalue weighted by molar-refractivity contribution is 5.74. The Hall–Kier alpha value is -1.03. The van der Waals surface area contributed by atoms with Crippen LogP contribution in [0, 0.1) is 0 Å². The lowest BCUT2D eigenvalue weighted by molar-refractivity contribution is 0.139. The molecule has 1 N–H and O–H groups in total. The van der Waals surface area contributed by atoms with Crippen LogP contribution in [0.25, 0.3) is 0 Å². The summed E-state index contributed by atoms with van der Waals surface area (Å²) < 4.78 is 0. The van der Waals surface area contributed by atoms with Crippen LogP contribution in [0.2, 0.25) is 0 Å². The molecular weight excluding hydrogens is 202 g/mol. The number of hydrogen-bond donors (Lipinski definition) is 1. The van der Waals surface area contributed by atoms with Gasteiger partial charge in [-0.2, -0.15) is 0 Å². The Morgan fingerprint density at radius 1 is 1.38 bits per heavy atom. The monoisotopic (exact) mass is 225 g/mol. The summed E-state index contributed by atoms with van der Waals surface area (Å²) in [6, 6.07) is 0.0371. The second-order valence-corrected chi connectivity index (χ2v) is 4.16. The van der Waals surface area contributed by atoms with Gasteiger partial charge in [-0.1, -0.05) is 19.4 Å². The maximum atomic E-state index is 11.6. The molecule has 16 heavy (non-hydrogen) atoms. The second kappa shape index (κ2) is 7.28. The normalized spacial score (nSPS) is 17.2. The molecule has 4 nitrogen and oxygen atoms in total. The molecule has 0 aromatic heterocycles. The van der Waals surface area contributed by atoms with Crippen LogP contribution in [0.5, 0.6) is 0 Å². The van der Waals surface area contributed by atoms with Crippen molar-refractivity contribution in [2.24, 2.45) is 0 Å². The number of piperazine rings is 1.